The van der Waals surface area contributed by atoms with E-state index in [0.717, 1.165) is 70.7 Å². The SMILES string of the molecule is CCCCCCCCCc1ccc(C(OC(c2ccc(CCCCCCCCC)cc2)c2cnc(-c3ccc(CCCCCC)cc3)nc2)c2cnc(-c3ccc(CCCCCC)cc3)nc2)cc1. The molecule has 2 aromatic heterocycles. The molecule has 0 amide bonds. The number of hydrogen-bond acceptors (Lipinski definition) is 5. The second-order valence-electron chi connectivity index (χ2n) is 19.8. The van der Waals surface area contributed by atoms with E-state index in [1.165, 1.54) is 164 Å². The standard InChI is InChI=1S/C64H86N4O/c1-5-9-13-17-19-21-25-29-51-31-39-55(40-32-51)61(59-47-65-63(66-48-59)57-43-35-53(36-44-57)27-23-15-11-7-3)69-62(56-41-33-52(34-42-56)30-26-22-20-18-14-10-6-2)60-49-67-64(68-50-60)58-45-37-54(38-46-58)28-24-16-12-8-4/h31-50,61-62H,5-30H2,1-4H3. The number of ether oxygens (including phenoxy) is 1. The fourth-order valence-corrected chi connectivity index (χ4v) is 9.52. The molecule has 0 aliphatic carbocycles. The number of benzene rings is 4. The molecular formula is C64H86N4O. The third-order valence-corrected chi connectivity index (χ3v) is 14.0. The van der Waals surface area contributed by atoms with Crippen LogP contribution in [-0.2, 0) is 30.4 Å². The van der Waals surface area contributed by atoms with Crippen molar-refractivity contribution in [3.05, 3.63) is 166 Å². The van der Waals surface area contributed by atoms with Crippen molar-refractivity contribution in [3.8, 4) is 22.8 Å². The van der Waals surface area contributed by atoms with Gasteiger partial charge < -0.3 is 4.74 Å². The van der Waals surface area contributed by atoms with Gasteiger partial charge in [0.15, 0.2) is 11.6 Å². The van der Waals surface area contributed by atoms with Crippen molar-refractivity contribution >= 4 is 0 Å². The van der Waals surface area contributed by atoms with Crippen LogP contribution >= 0.6 is 0 Å². The first kappa shape index (κ1) is 53.4. The van der Waals surface area contributed by atoms with Crippen LogP contribution in [0.4, 0.5) is 0 Å². The van der Waals surface area contributed by atoms with E-state index in [0.29, 0.717) is 0 Å². The highest BCUT2D eigenvalue weighted by atomic mass is 16.5. The average Bonchev–Trinajstić information content (AvgIpc) is 3.40. The summed E-state index contributed by atoms with van der Waals surface area (Å²) in [6.45, 7) is 9.10. The molecule has 6 rings (SSSR count). The molecule has 2 heterocycles. The third-order valence-electron chi connectivity index (χ3n) is 14.0. The first-order chi connectivity index (χ1) is 34.1. The molecule has 5 nitrogen and oxygen atoms in total. The van der Waals surface area contributed by atoms with Crippen LogP contribution in [0.15, 0.2) is 122 Å². The molecule has 0 spiro atoms. The summed E-state index contributed by atoms with van der Waals surface area (Å²) < 4.78 is 7.44. The summed E-state index contributed by atoms with van der Waals surface area (Å²) in [7, 11) is 0. The highest BCUT2D eigenvalue weighted by molar-refractivity contribution is 5.56. The molecule has 0 aliphatic heterocycles. The Bertz CT molecular complexity index is 2070. The van der Waals surface area contributed by atoms with E-state index >= 15 is 0 Å². The molecule has 0 bridgehead atoms. The van der Waals surface area contributed by atoms with Crippen LogP contribution in [0.25, 0.3) is 22.8 Å². The monoisotopic (exact) mass is 927 g/mol. The molecule has 4 aromatic carbocycles. The molecule has 0 N–H and O–H groups in total. The summed E-state index contributed by atoms with van der Waals surface area (Å²) >= 11 is 0. The van der Waals surface area contributed by atoms with Gasteiger partial charge in [-0.15, -0.1) is 0 Å². The lowest BCUT2D eigenvalue weighted by molar-refractivity contribution is 0.0301. The molecule has 0 aliphatic rings. The van der Waals surface area contributed by atoms with E-state index in [4.69, 9.17) is 24.7 Å². The zero-order chi connectivity index (χ0) is 48.1. The van der Waals surface area contributed by atoms with Gasteiger partial charge in [0.1, 0.15) is 12.2 Å². The molecular weight excluding hydrogens is 841 g/mol. The maximum Gasteiger partial charge on any atom is 0.159 e. The molecule has 0 fully saturated rings. The van der Waals surface area contributed by atoms with Crippen LogP contribution in [0.2, 0.25) is 0 Å². The minimum Gasteiger partial charge on any atom is -0.356 e. The van der Waals surface area contributed by atoms with Crippen molar-refractivity contribution < 1.29 is 4.74 Å². The average molecular weight is 927 g/mol. The Morgan fingerprint density at radius 2 is 0.536 bits per heavy atom. The maximum atomic E-state index is 7.44. The number of aryl methyl sites for hydroxylation is 4. The van der Waals surface area contributed by atoms with Crippen molar-refractivity contribution in [3.63, 3.8) is 0 Å². The Balaban J connectivity index is 1.26. The molecule has 0 saturated heterocycles. The topological polar surface area (TPSA) is 60.8 Å². The highest BCUT2D eigenvalue weighted by Crippen LogP contribution is 2.37. The lowest BCUT2D eigenvalue weighted by atomic mass is 9.97. The molecule has 2 unspecified atom stereocenters. The minimum absolute atomic E-state index is 0.431. The molecule has 0 saturated carbocycles. The number of nitrogens with zero attached hydrogens (tertiary/aromatic N) is 4. The van der Waals surface area contributed by atoms with E-state index in [9.17, 15) is 0 Å². The summed E-state index contributed by atoms with van der Waals surface area (Å²) in [5.41, 5.74) is 11.5. The van der Waals surface area contributed by atoms with Crippen LogP contribution in [-0.4, -0.2) is 19.9 Å². The second kappa shape index (κ2) is 31.3. The van der Waals surface area contributed by atoms with Crippen molar-refractivity contribution in [1.82, 2.24) is 19.9 Å². The zero-order valence-electron chi connectivity index (χ0n) is 43.3. The van der Waals surface area contributed by atoms with Gasteiger partial charge in [-0.05, 0) is 84.7 Å². The Morgan fingerprint density at radius 3 is 0.826 bits per heavy atom. The van der Waals surface area contributed by atoms with Gasteiger partial charge in [-0.25, -0.2) is 19.9 Å². The van der Waals surface area contributed by atoms with Gasteiger partial charge in [-0.3, -0.25) is 0 Å². The van der Waals surface area contributed by atoms with Crippen LogP contribution in [0.1, 0.15) is 226 Å². The highest BCUT2D eigenvalue weighted by Gasteiger charge is 2.25. The van der Waals surface area contributed by atoms with E-state index in [1.807, 2.05) is 24.8 Å². The Hall–Kier alpha value is -5.00. The smallest absolute Gasteiger partial charge is 0.159 e. The first-order valence-corrected chi connectivity index (χ1v) is 27.7. The van der Waals surface area contributed by atoms with Crippen LogP contribution in [0.3, 0.4) is 0 Å². The number of unbranched alkanes of at least 4 members (excludes halogenated alkanes) is 18. The molecule has 69 heavy (non-hydrogen) atoms. The fraction of sp³-hybridized carbons (Fsp3) is 0.500. The van der Waals surface area contributed by atoms with E-state index < -0.39 is 12.2 Å². The lowest BCUT2D eigenvalue weighted by Crippen LogP contribution is -2.15. The quantitative estimate of drug-likeness (QED) is 0.0377. The molecule has 6 aromatic rings. The molecule has 2 atom stereocenters. The Kier molecular flexibility index (Phi) is 24.2. The van der Waals surface area contributed by atoms with Gasteiger partial charge in [0.2, 0.25) is 0 Å². The lowest BCUT2D eigenvalue weighted by Gasteiger charge is -2.26. The molecule has 0 radical (unpaired) electrons. The van der Waals surface area contributed by atoms with E-state index in [1.54, 1.807) is 0 Å². The van der Waals surface area contributed by atoms with Gasteiger partial charge in [0.25, 0.3) is 0 Å². The minimum atomic E-state index is -0.431. The van der Waals surface area contributed by atoms with Crippen LogP contribution < -0.4 is 0 Å². The second-order valence-corrected chi connectivity index (χ2v) is 19.8. The zero-order valence-corrected chi connectivity index (χ0v) is 43.3. The number of rotatable bonds is 34. The summed E-state index contributed by atoms with van der Waals surface area (Å²) in [6, 6.07) is 35.8. The first-order valence-electron chi connectivity index (χ1n) is 27.7. The number of hydrogen-bond donors (Lipinski definition) is 0. The van der Waals surface area contributed by atoms with E-state index in [-0.39, 0.29) is 0 Å². The predicted molar refractivity (Wildman–Crippen MR) is 292 cm³/mol. The Labute approximate surface area is 418 Å². The normalized spacial score (nSPS) is 12.3. The van der Waals surface area contributed by atoms with Gasteiger partial charge in [-0.2, -0.15) is 0 Å². The van der Waals surface area contributed by atoms with Gasteiger partial charge in [0.05, 0.1) is 0 Å². The van der Waals surface area contributed by atoms with Crippen molar-refractivity contribution in [2.24, 2.45) is 0 Å². The van der Waals surface area contributed by atoms with Crippen LogP contribution in [0.5, 0.6) is 0 Å². The van der Waals surface area contributed by atoms with Gasteiger partial charge in [-0.1, -0.05) is 240 Å². The van der Waals surface area contributed by atoms with Crippen molar-refractivity contribution in [2.45, 2.75) is 207 Å². The predicted octanol–water partition coefficient (Wildman–Crippen LogP) is 18.3. The fourth-order valence-electron chi connectivity index (χ4n) is 9.52. The molecule has 368 valence electrons. The third kappa shape index (κ3) is 18.4. The van der Waals surface area contributed by atoms with Crippen molar-refractivity contribution in [2.75, 3.05) is 0 Å². The molecule has 5 heteroatoms. The van der Waals surface area contributed by atoms with E-state index in [2.05, 4.69) is 125 Å². The summed E-state index contributed by atoms with van der Waals surface area (Å²) in [4.78, 5) is 19.9. The van der Waals surface area contributed by atoms with Crippen molar-refractivity contribution in [1.29, 1.82) is 0 Å². The Morgan fingerprint density at radius 1 is 0.290 bits per heavy atom. The number of aromatic nitrogens is 4. The summed E-state index contributed by atoms with van der Waals surface area (Å²) in [6.07, 6.45) is 39.9. The maximum absolute atomic E-state index is 7.44. The largest absolute Gasteiger partial charge is 0.356 e. The van der Waals surface area contributed by atoms with Crippen LogP contribution in [0, 0.1) is 0 Å². The summed E-state index contributed by atoms with van der Waals surface area (Å²) in [5.74, 6) is 1.45. The van der Waals surface area contributed by atoms with Gasteiger partial charge >= 0.3 is 0 Å². The summed E-state index contributed by atoms with van der Waals surface area (Å²) in [5, 5.41) is 0. The van der Waals surface area contributed by atoms with Gasteiger partial charge in [0, 0.05) is 47.0 Å².